The number of benzene rings is 1. The van der Waals surface area contributed by atoms with Crippen LogP contribution in [0.4, 0.5) is 11.4 Å². The summed E-state index contributed by atoms with van der Waals surface area (Å²) in [6.45, 7) is 5.68. The van der Waals surface area contributed by atoms with Crippen molar-refractivity contribution in [1.82, 2.24) is 9.80 Å². The van der Waals surface area contributed by atoms with E-state index in [1.165, 1.54) is 0 Å². The predicted molar refractivity (Wildman–Crippen MR) is 83.0 cm³/mol. The molecule has 1 unspecified atom stereocenters. The van der Waals surface area contributed by atoms with Crippen LogP contribution in [0.25, 0.3) is 0 Å². The molecule has 20 heavy (non-hydrogen) atoms. The molecule has 1 aromatic carbocycles. The molecule has 1 aliphatic heterocycles. The summed E-state index contributed by atoms with van der Waals surface area (Å²) in [5, 5.41) is 3.41. The van der Waals surface area contributed by atoms with Crippen LogP contribution in [0.15, 0.2) is 18.2 Å². The predicted octanol–water partition coefficient (Wildman–Crippen LogP) is 1.50. The number of rotatable bonds is 3. The second-order valence-corrected chi connectivity index (χ2v) is 5.67. The molecule has 0 aromatic heterocycles. The number of nitrogens with one attached hydrogen (secondary N) is 1. The highest BCUT2D eigenvalue weighted by Crippen LogP contribution is 2.23. The number of hydrogen-bond acceptors (Lipinski definition) is 4. The average molecular weight is 297 g/mol. The van der Waals surface area contributed by atoms with Gasteiger partial charge in [-0.2, -0.15) is 0 Å². The fourth-order valence-electron chi connectivity index (χ4n) is 2.25. The van der Waals surface area contributed by atoms with Crippen molar-refractivity contribution in [3.63, 3.8) is 0 Å². The van der Waals surface area contributed by atoms with Crippen LogP contribution in [0.3, 0.4) is 0 Å². The molecule has 0 spiro atoms. The summed E-state index contributed by atoms with van der Waals surface area (Å²) in [5.41, 5.74) is 6.94. The minimum Gasteiger partial charge on any atom is -0.397 e. The molecule has 1 aliphatic rings. The molecular weight excluding hydrogens is 276 g/mol. The summed E-state index contributed by atoms with van der Waals surface area (Å²) < 4.78 is 0. The molecule has 1 atom stereocenters. The van der Waals surface area contributed by atoms with Crippen LogP contribution >= 0.6 is 11.6 Å². The maximum absolute atomic E-state index is 12.3. The largest absolute Gasteiger partial charge is 0.397 e. The number of nitrogen functional groups attached to an aromatic ring is 1. The van der Waals surface area contributed by atoms with Gasteiger partial charge in [0.25, 0.3) is 0 Å². The zero-order chi connectivity index (χ0) is 14.7. The molecular formula is C14H21ClN4O. The fraction of sp³-hybridized carbons (Fsp3) is 0.500. The number of carbonyl (C=O) groups excluding carboxylic acids is 1. The van der Waals surface area contributed by atoms with E-state index in [9.17, 15) is 4.79 Å². The summed E-state index contributed by atoms with van der Waals surface area (Å²) in [5.74, 6) is -0.0523. The highest BCUT2D eigenvalue weighted by atomic mass is 35.5. The quantitative estimate of drug-likeness (QED) is 0.830. The second kappa shape index (κ2) is 6.43. The lowest BCUT2D eigenvalue weighted by Gasteiger charge is -2.35. The first-order chi connectivity index (χ1) is 9.47. The monoisotopic (exact) mass is 296 g/mol. The van der Waals surface area contributed by atoms with Crippen LogP contribution < -0.4 is 11.1 Å². The second-order valence-electron chi connectivity index (χ2n) is 5.24. The number of anilines is 2. The highest BCUT2D eigenvalue weighted by Gasteiger charge is 2.24. The first kappa shape index (κ1) is 15.1. The Hall–Kier alpha value is -1.30. The van der Waals surface area contributed by atoms with Crippen molar-refractivity contribution in [2.24, 2.45) is 0 Å². The minimum absolute atomic E-state index is 0.0523. The van der Waals surface area contributed by atoms with Crippen molar-refractivity contribution in [2.75, 3.05) is 44.3 Å². The van der Waals surface area contributed by atoms with Crippen LogP contribution in [-0.4, -0.2) is 55.0 Å². The number of carbonyl (C=O) groups is 1. The van der Waals surface area contributed by atoms with E-state index in [4.69, 9.17) is 17.3 Å². The first-order valence-electron chi connectivity index (χ1n) is 6.76. The van der Waals surface area contributed by atoms with E-state index in [0.717, 1.165) is 26.2 Å². The van der Waals surface area contributed by atoms with Gasteiger partial charge in [-0.05, 0) is 32.2 Å². The van der Waals surface area contributed by atoms with E-state index < -0.39 is 0 Å². The van der Waals surface area contributed by atoms with Crippen molar-refractivity contribution in [1.29, 1.82) is 0 Å². The zero-order valence-corrected chi connectivity index (χ0v) is 12.7. The van der Waals surface area contributed by atoms with E-state index >= 15 is 0 Å². The molecule has 110 valence electrons. The minimum atomic E-state index is -0.179. The summed E-state index contributed by atoms with van der Waals surface area (Å²) in [4.78, 5) is 16.7. The molecule has 5 nitrogen and oxygen atoms in total. The third-order valence-corrected chi connectivity index (χ3v) is 3.97. The van der Waals surface area contributed by atoms with Crippen molar-refractivity contribution in [3.8, 4) is 0 Å². The molecule has 2 rings (SSSR count). The van der Waals surface area contributed by atoms with Crippen LogP contribution in [0, 0.1) is 0 Å². The van der Waals surface area contributed by atoms with Gasteiger partial charge < -0.3 is 16.0 Å². The zero-order valence-electron chi connectivity index (χ0n) is 11.9. The Labute approximate surface area is 124 Å². The van der Waals surface area contributed by atoms with Gasteiger partial charge in [-0.15, -0.1) is 0 Å². The Morgan fingerprint density at radius 3 is 2.65 bits per heavy atom. The Morgan fingerprint density at radius 2 is 2.00 bits per heavy atom. The summed E-state index contributed by atoms with van der Waals surface area (Å²) >= 11 is 5.92. The lowest BCUT2D eigenvalue weighted by Crippen LogP contribution is -2.51. The topological polar surface area (TPSA) is 61.6 Å². The normalized spacial score (nSPS) is 18.8. The highest BCUT2D eigenvalue weighted by molar-refractivity contribution is 6.31. The van der Waals surface area contributed by atoms with Gasteiger partial charge in [0.1, 0.15) is 0 Å². The summed E-state index contributed by atoms with van der Waals surface area (Å²) in [7, 11) is 2.09. The third kappa shape index (κ3) is 3.62. The number of piperazine rings is 1. The van der Waals surface area contributed by atoms with E-state index in [1.807, 2.05) is 6.92 Å². The molecule has 0 saturated carbocycles. The van der Waals surface area contributed by atoms with E-state index in [1.54, 1.807) is 18.2 Å². The molecule has 1 heterocycles. The van der Waals surface area contributed by atoms with Gasteiger partial charge in [-0.25, -0.2) is 0 Å². The number of likely N-dealkylation sites (N-methyl/N-ethyl adjacent to an activating group) is 1. The standard InChI is InChI=1S/C14H21ClN4O/c1-10(19-7-5-18(2)6-8-19)14(20)17-13-9-11(15)3-4-12(13)16/h3-4,9-10H,5-8,16H2,1-2H3,(H,17,20). The molecule has 1 amide bonds. The summed E-state index contributed by atoms with van der Waals surface area (Å²) in [6.07, 6.45) is 0. The number of amides is 1. The van der Waals surface area contributed by atoms with Crippen LogP contribution in [0.1, 0.15) is 6.92 Å². The van der Waals surface area contributed by atoms with Gasteiger partial charge >= 0.3 is 0 Å². The molecule has 6 heteroatoms. The van der Waals surface area contributed by atoms with Crippen molar-refractivity contribution in [3.05, 3.63) is 23.2 Å². The lowest BCUT2D eigenvalue weighted by atomic mass is 10.2. The molecule has 1 aromatic rings. The van der Waals surface area contributed by atoms with E-state index in [-0.39, 0.29) is 11.9 Å². The fourth-order valence-corrected chi connectivity index (χ4v) is 2.42. The van der Waals surface area contributed by atoms with Gasteiger partial charge in [0.2, 0.25) is 5.91 Å². The smallest absolute Gasteiger partial charge is 0.241 e. The average Bonchev–Trinajstić information content (AvgIpc) is 2.43. The number of nitrogens with two attached hydrogens (primary N) is 1. The number of nitrogens with zero attached hydrogens (tertiary/aromatic N) is 2. The third-order valence-electron chi connectivity index (χ3n) is 3.74. The van der Waals surface area contributed by atoms with Gasteiger partial charge in [-0.1, -0.05) is 11.6 Å². The van der Waals surface area contributed by atoms with Gasteiger partial charge in [-0.3, -0.25) is 9.69 Å². The maximum Gasteiger partial charge on any atom is 0.241 e. The molecule has 3 N–H and O–H groups in total. The molecule has 1 saturated heterocycles. The maximum atomic E-state index is 12.3. The summed E-state index contributed by atoms with van der Waals surface area (Å²) in [6, 6.07) is 4.89. The van der Waals surface area contributed by atoms with Crippen molar-refractivity contribution >= 4 is 28.9 Å². The number of hydrogen-bond donors (Lipinski definition) is 2. The lowest BCUT2D eigenvalue weighted by molar-refractivity contribution is -0.121. The van der Waals surface area contributed by atoms with E-state index in [0.29, 0.717) is 16.4 Å². The van der Waals surface area contributed by atoms with Gasteiger partial charge in [0, 0.05) is 31.2 Å². The van der Waals surface area contributed by atoms with Gasteiger partial charge in [0.15, 0.2) is 0 Å². The Balaban J connectivity index is 1.99. The molecule has 0 aliphatic carbocycles. The Kier molecular flexibility index (Phi) is 4.86. The Morgan fingerprint density at radius 1 is 1.35 bits per heavy atom. The van der Waals surface area contributed by atoms with Gasteiger partial charge in [0.05, 0.1) is 17.4 Å². The SMILES string of the molecule is CC(C(=O)Nc1cc(Cl)ccc1N)N1CCN(C)CC1. The van der Waals surface area contributed by atoms with Crippen molar-refractivity contribution in [2.45, 2.75) is 13.0 Å². The van der Waals surface area contributed by atoms with Crippen LogP contribution in [0.5, 0.6) is 0 Å². The molecule has 1 fully saturated rings. The molecule has 0 radical (unpaired) electrons. The van der Waals surface area contributed by atoms with Crippen LogP contribution in [-0.2, 0) is 4.79 Å². The van der Waals surface area contributed by atoms with Crippen LogP contribution in [0.2, 0.25) is 5.02 Å². The first-order valence-corrected chi connectivity index (χ1v) is 7.13. The number of halogens is 1. The van der Waals surface area contributed by atoms with E-state index in [2.05, 4.69) is 22.2 Å². The molecule has 0 bridgehead atoms. The Bertz CT molecular complexity index is 486. The van der Waals surface area contributed by atoms with Crippen molar-refractivity contribution < 1.29 is 4.79 Å².